The molecule has 0 N–H and O–H groups in total. The van der Waals surface area contributed by atoms with Gasteiger partial charge in [0.15, 0.2) is 0 Å². The fourth-order valence-electron chi connectivity index (χ4n) is 3.10. The van der Waals surface area contributed by atoms with Crippen LogP contribution in [-0.2, 0) is 22.3 Å². The minimum atomic E-state index is -4.44. The average Bonchev–Trinajstić information content (AvgIpc) is 2.70. The van der Waals surface area contributed by atoms with Crippen LogP contribution in [0.5, 0.6) is 0 Å². The first-order valence-corrected chi connectivity index (χ1v) is 8.43. The van der Waals surface area contributed by atoms with Gasteiger partial charge in [-0.3, -0.25) is 0 Å². The number of carbonyl (C=O) groups is 1. The van der Waals surface area contributed by atoms with E-state index < -0.39 is 23.4 Å². The number of pyridine rings is 1. The van der Waals surface area contributed by atoms with E-state index in [1.54, 1.807) is 25.7 Å². The van der Waals surface area contributed by atoms with Crippen molar-refractivity contribution in [3.63, 3.8) is 0 Å². The number of carbonyl (C=O) groups excluding carboxylic acids is 1. The Kier molecular flexibility index (Phi) is 4.76. The molecule has 0 unspecified atom stereocenters. The highest BCUT2D eigenvalue weighted by Crippen LogP contribution is 2.34. The average molecular weight is 373 g/mol. The maximum atomic E-state index is 12.9. The van der Waals surface area contributed by atoms with Gasteiger partial charge in [-0.25, -0.2) is 9.78 Å². The van der Waals surface area contributed by atoms with Crippen molar-refractivity contribution in [2.75, 3.05) is 31.1 Å². The Labute approximate surface area is 149 Å². The van der Waals surface area contributed by atoms with Crippen molar-refractivity contribution in [1.82, 2.24) is 9.88 Å². The van der Waals surface area contributed by atoms with E-state index in [1.807, 2.05) is 4.90 Å². The number of aromatic nitrogens is 1. The van der Waals surface area contributed by atoms with Crippen molar-refractivity contribution in [1.29, 1.82) is 0 Å². The molecule has 2 aliphatic rings. The van der Waals surface area contributed by atoms with Crippen LogP contribution in [0.4, 0.5) is 23.8 Å². The van der Waals surface area contributed by atoms with E-state index in [1.165, 1.54) is 0 Å². The van der Waals surface area contributed by atoms with Crippen LogP contribution < -0.4 is 4.90 Å². The van der Waals surface area contributed by atoms with E-state index in [4.69, 9.17) is 9.47 Å². The number of alkyl halides is 3. The van der Waals surface area contributed by atoms with Crippen LogP contribution in [0.25, 0.3) is 0 Å². The molecule has 1 saturated heterocycles. The summed E-state index contributed by atoms with van der Waals surface area (Å²) < 4.78 is 49.7. The van der Waals surface area contributed by atoms with Gasteiger partial charge in [0.2, 0.25) is 0 Å². The first kappa shape index (κ1) is 18.8. The molecule has 3 rings (SSSR count). The summed E-state index contributed by atoms with van der Waals surface area (Å²) >= 11 is 0. The fourth-order valence-corrected chi connectivity index (χ4v) is 3.10. The molecule has 1 amide bonds. The first-order valence-electron chi connectivity index (χ1n) is 8.43. The Balaban J connectivity index is 1.78. The number of piperazine rings is 1. The Bertz CT molecular complexity index is 688. The number of fused-ring (bicyclic) bond motifs is 3. The second-order valence-electron chi connectivity index (χ2n) is 7.49. The number of amides is 1. The van der Waals surface area contributed by atoms with Crippen molar-refractivity contribution in [2.24, 2.45) is 0 Å². The van der Waals surface area contributed by atoms with Crippen LogP contribution >= 0.6 is 0 Å². The number of rotatable bonds is 0. The number of hydrogen-bond donors (Lipinski definition) is 0. The molecule has 26 heavy (non-hydrogen) atoms. The zero-order valence-electron chi connectivity index (χ0n) is 15.0. The van der Waals surface area contributed by atoms with Gasteiger partial charge in [-0.15, -0.1) is 0 Å². The van der Waals surface area contributed by atoms with Crippen LogP contribution in [0.2, 0.25) is 0 Å². The number of anilines is 1. The molecule has 1 fully saturated rings. The molecule has 1 aromatic rings. The predicted molar refractivity (Wildman–Crippen MR) is 87.8 cm³/mol. The minimum Gasteiger partial charge on any atom is -0.444 e. The van der Waals surface area contributed by atoms with Gasteiger partial charge >= 0.3 is 12.3 Å². The molecule has 0 radical (unpaired) electrons. The lowest BCUT2D eigenvalue weighted by Gasteiger charge is -2.41. The normalized spacial score (nSPS) is 20.9. The van der Waals surface area contributed by atoms with E-state index >= 15 is 0 Å². The highest BCUT2D eigenvalue weighted by molar-refractivity contribution is 5.69. The Hall–Kier alpha value is -2.03. The molecule has 0 saturated carbocycles. The van der Waals surface area contributed by atoms with Gasteiger partial charge in [0, 0.05) is 31.4 Å². The monoisotopic (exact) mass is 373 g/mol. The van der Waals surface area contributed by atoms with Gasteiger partial charge in [0.1, 0.15) is 11.4 Å². The molecular formula is C17H22F3N3O3. The lowest BCUT2D eigenvalue weighted by Crippen LogP contribution is -2.57. The summed E-state index contributed by atoms with van der Waals surface area (Å²) in [6.07, 6.45) is -3.99. The van der Waals surface area contributed by atoms with Crippen LogP contribution in [0, 0.1) is 0 Å². The SMILES string of the molecule is CC(C)(C)OC(=O)N1CCN2c3ncc(C(F)(F)F)cc3COC[C@H]2C1. The zero-order valence-corrected chi connectivity index (χ0v) is 15.0. The maximum absolute atomic E-state index is 12.9. The van der Waals surface area contributed by atoms with E-state index in [9.17, 15) is 18.0 Å². The van der Waals surface area contributed by atoms with Crippen LogP contribution in [0.15, 0.2) is 12.3 Å². The lowest BCUT2D eigenvalue weighted by molar-refractivity contribution is -0.137. The van der Waals surface area contributed by atoms with Crippen molar-refractivity contribution < 1.29 is 27.4 Å². The highest BCUT2D eigenvalue weighted by Gasteiger charge is 2.37. The topological polar surface area (TPSA) is 54.9 Å². The molecule has 9 heteroatoms. The largest absolute Gasteiger partial charge is 0.444 e. The zero-order chi connectivity index (χ0) is 19.1. The summed E-state index contributed by atoms with van der Waals surface area (Å²) in [5.74, 6) is 0.490. The first-order chi connectivity index (χ1) is 12.0. The summed E-state index contributed by atoms with van der Waals surface area (Å²) in [5, 5.41) is 0. The lowest BCUT2D eigenvalue weighted by atomic mass is 10.1. The molecule has 2 aliphatic heterocycles. The van der Waals surface area contributed by atoms with Gasteiger partial charge in [-0.05, 0) is 26.8 Å². The smallest absolute Gasteiger partial charge is 0.417 e. The summed E-state index contributed by atoms with van der Waals surface area (Å²) in [6.45, 7) is 7.00. The fraction of sp³-hybridized carbons (Fsp3) is 0.647. The van der Waals surface area contributed by atoms with Gasteiger partial charge in [0.05, 0.1) is 24.8 Å². The van der Waals surface area contributed by atoms with E-state index in [2.05, 4.69) is 4.98 Å². The van der Waals surface area contributed by atoms with Crippen LogP contribution in [-0.4, -0.2) is 53.9 Å². The van der Waals surface area contributed by atoms with Crippen LogP contribution in [0.1, 0.15) is 31.9 Å². The van der Waals surface area contributed by atoms with Crippen molar-refractivity contribution in [3.05, 3.63) is 23.4 Å². The molecule has 6 nitrogen and oxygen atoms in total. The number of ether oxygens (including phenoxy) is 2. The van der Waals surface area contributed by atoms with Gasteiger partial charge < -0.3 is 19.3 Å². The van der Waals surface area contributed by atoms with Gasteiger partial charge in [-0.1, -0.05) is 0 Å². The number of nitrogens with zero attached hydrogens (tertiary/aromatic N) is 3. The standard InChI is InChI=1S/C17H22F3N3O3/c1-16(2,3)26-15(24)22-4-5-23-13(8-22)10-25-9-11-6-12(17(18,19)20)7-21-14(11)23/h6-7,13H,4-5,8-10H2,1-3H3/t13-/m1/s1. The molecule has 0 bridgehead atoms. The third-order valence-electron chi connectivity index (χ3n) is 4.24. The molecule has 1 aromatic heterocycles. The molecule has 144 valence electrons. The molecule has 1 atom stereocenters. The minimum absolute atomic E-state index is 0.0612. The summed E-state index contributed by atoms with van der Waals surface area (Å²) in [6, 6.07) is 0.909. The third-order valence-corrected chi connectivity index (χ3v) is 4.24. The second kappa shape index (κ2) is 6.61. The molecule has 3 heterocycles. The van der Waals surface area contributed by atoms with E-state index in [0.29, 0.717) is 37.6 Å². The maximum Gasteiger partial charge on any atom is 0.417 e. The third kappa shape index (κ3) is 4.03. The van der Waals surface area contributed by atoms with Crippen molar-refractivity contribution in [3.8, 4) is 0 Å². The molecule has 0 aromatic carbocycles. The van der Waals surface area contributed by atoms with Crippen molar-refractivity contribution >= 4 is 11.9 Å². The summed E-state index contributed by atoms with van der Waals surface area (Å²) in [4.78, 5) is 19.9. The number of halogens is 3. The highest BCUT2D eigenvalue weighted by atomic mass is 19.4. The summed E-state index contributed by atoms with van der Waals surface area (Å²) in [5.41, 5.74) is -0.963. The number of hydrogen-bond acceptors (Lipinski definition) is 5. The van der Waals surface area contributed by atoms with E-state index in [0.717, 1.165) is 12.3 Å². The second-order valence-corrected chi connectivity index (χ2v) is 7.49. The molecular weight excluding hydrogens is 351 g/mol. The summed E-state index contributed by atoms with van der Waals surface area (Å²) in [7, 11) is 0. The molecule has 0 aliphatic carbocycles. The Morgan fingerprint density at radius 1 is 1.31 bits per heavy atom. The Morgan fingerprint density at radius 3 is 2.69 bits per heavy atom. The predicted octanol–water partition coefficient (Wildman–Crippen LogP) is 3.06. The van der Waals surface area contributed by atoms with Crippen molar-refractivity contribution in [2.45, 2.75) is 45.2 Å². The van der Waals surface area contributed by atoms with Gasteiger partial charge in [-0.2, -0.15) is 13.2 Å². The van der Waals surface area contributed by atoms with Crippen LogP contribution in [0.3, 0.4) is 0 Å². The quantitative estimate of drug-likeness (QED) is 0.700. The van der Waals surface area contributed by atoms with Gasteiger partial charge in [0.25, 0.3) is 0 Å². The Morgan fingerprint density at radius 2 is 2.04 bits per heavy atom. The van der Waals surface area contributed by atoms with E-state index in [-0.39, 0.29) is 12.6 Å². The molecule has 0 spiro atoms.